The van der Waals surface area contributed by atoms with E-state index in [-0.39, 0.29) is 11.9 Å². The predicted octanol–water partition coefficient (Wildman–Crippen LogP) is 5.14. The first-order valence-electron chi connectivity index (χ1n) is 10.2. The standard InChI is InChI=1S/C25H22N4O2/c1-17-10-12-19(13-11-17)25-21(16-28(27-25)20-7-4-3-5-8-20)22-15-23(24-9-6-14-31-24)29(26-22)18(2)30/h3-14,16,23H,15H2,1-2H3. The molecule has 4 aromatic rings. The molecule has 1 unspecified atom stereocenters. The molecule has 0 aliphatic carbocycles. The number of carbonyl (C=O) groups is 1. The summed E-state index contributed by atoms with van der Waals surface area (Å²) in [6.45, 7) is 3.59. The van der Waals surface area contributed by atoms with Crippen LogP contribution < -0.4 is 0 Å². The SMILES string of the molecule is CC(=O)N1N=C(c2cn(-c3ccccc3)nc2-c2ccc(C)cc2)CC1c1ccco1. The predicted molar refractivity (Wildman–Crippen MR) is 119 cm³/mol. The van der Waals surface area contributed by atoms with Crippen molar-refractivity contribution in [3.8, 4) is 16.9 Å². The minimum atomic E-state index is -0.256. The number of rotatable bonds is 4. The van der Waals surface area contributed by atoms with Crippen LogP contribution in [0.3, 0.4) is 0 Å². The zero-order valence-corrected chi connectivity index (χ0v) is 17.4. The maximum absolute atomic E-state index is 12.3. The molecule has 0 saturated carbocycles. The molecule has 6 heteroatoms. The van der Waals surface area contributed by atoms with Crippen molar-refractivity contribution in [1.29, 1.82) is 0 Å². The summed E-state index contributed by atoms with van der Waals surface area (Å²) in [6.07, 6.45) is 4.18. The molecule has 0 bridgehead atoms. The Morgan fingerprint density at radius 3 is 2.48 bits per heavy atom. The van der Waals surface area contributed by atoms with Crippen molar-refractivity contribution >= 4 is 11.6 Å². The minimum absolute atomic E-state index is 0.122. The number of benzene rings is 2. The molecule has 0 fully saturated rings. The van der Waals surface area contributed by atoms with Gasteiger partial charge in [0.2, 0.25) is 5.91 Å². The van der Waals surface area contributed by atoms with E-state index >= 15 is 0 Å². The van der Waals surface area contributed by atoms with Crippen LogP contribution in [0.15, 0.2) is 88.7 Å². The summed E-state index contributed by atoms with van der Waals surface area (Å²) < 4.78 is 7.46. The smallest absolute Gasteiger partial charge is 0.240 e. The topological polar surface area (TPSA) is 63.6 Å². The summed E-state index contributed by atoms with van der Waals surface area (Å²) in [6, 6.07) is 21.7. The first-order chi connectivity index (χ1) is 15.1. The van der Waals surface area contributed by atoms with Crippen LogP contribution in [0.25, 0.3) is 16.9 Å². The molecule has 1 aliphatic heterocycles. The van der Waals surface area contributed by atoms with Gasteiger partial charge in [0.05, 0.1) is 17.7 Å². The number of furan rings is 1. The van der Waals surface area contributed by atoms with Gasteiger partial charge in [-0.05, 0) is 31.2 Å². The lowest BCUT2D eigenvalue weighted by Crippen LogP contribution is -2.23. The molecule has 3 heterocycles. The Labute approximate surface area is 180 Å². The van der Waals surface area contributed by atoms with Gasteiger partial charge in [-0.15, -0.1) is 0 Å². The Kier molecular flexibility index (Phi) is 4.75. The zero-order valence-electron chi connectivity index (χ0n) is 17.4. The molecule has 1 atom stereocenters. The van der Waals surface area contributed by atoms with Crippen molar-refractivity contribution < 1.29 is 9.21 Å². The number of amides is 1. The Bertz CT molecular complexity index is 1240. The van der Waals surface area contributed by atoms with E-state index < -0.39 is 0 Å². The third-order valence-electron chi connectivity index (χ3n) is 5.48. The molecule has 0 saturated heterocycles. The van der Waals surface area contributed by atoms with E-state index in [2.05, 4.69) is 31.2 Å². The molecule has 2 aromatic carbocycles. The van der Waals surface area contributed by atoms with Gasteiger partial charge in [-0.3, -0.25) is 4.79 Å². The average Bonchev–Trinajstić information content (AvgIpc) is 3.53. The van der Waals surface area contributed by atoms with Crippen LogP contribution in [-0.2, 0) is 4.79 Å². The highest BCUT2D eigenvalue weighted by Gasteiger charge is 2.35. The molecular weight excluding hydrogens is 388 g/mol. The Morgan fingerprint density at radius 2 is 1.81 bits per heavy atom. The van der Waals surface area contributed by atoms with Gasteiger partial charge in [-0.25, -0.2) is 9.69 Å². The Hall–Kier alpha value is -3.93. The summed E-state index contributed by atoms with van der Waals surface area (Å²) in [5.74, 6) is 0.602. The van der Waals surface area contributed by atoms with Crippen molar-refractivity contribution in [2.45, 2.75) is 26.3 Å². The number of para-hydroxylation sites is 1. The molecule has 0 radical (unpaired) electrons. The van der Waals surface area contributed by atoms with Crippen molar-refractivity contribution in [3.63, 3.8) is 0 Å². The van der Waals surface area contributed by atoms with Crippen LogP contribution in [-0.4, -0.2) is 26.4 Å². The van der Waals surface area contributed by atoms with Gasteiger partial charge in [-0.2, -0.15) is 10.2 Å². The average molecular weight is 410 g/mol. The van der Waals surface area contributed by atoms with Gasteiger partial charge in [0, 0.05) is 30.7 Å². The quantitative estimate of drug-likeness (QED) is 0.468. The maximum Gasteiger partial charge on any atom is 0.240 e. The van der Waals surface area contributed by atoms with Crippen LogP contribution in [0.2, 0.25) is 0 Å². The summed E-state index contributed by atoms with van der Waals surface area (Å²) in [5, 5.41) is 11.1. The highest BCUT2D eigenvalue weighted by atomic mass is 16.3. The maximum atomic E-state index is 12.3. The highest BCUT2D eigenvalue weighted by molar-refractivity contribution is 6.07. The van der Waals surface area contributed by atoms with E-state index in [9.17, 15) is 4.79 Å². The Morgan fingerprint density at radius 1 is 1.03 bits per heavy atom. The molecule has 1 aliphatic rings. The molecule has 1 amide bonds. The fourth-order valence-corrected chi connectivity index (χ4v) is 3.89. The number of nitrogens with zero attached hydrogens (tertiary/aromatic N) is 4. The molecule has 6 nitrogen and oxygen atoms in total. The van der Waals surface area contributed by atoms with Gasteiger partial charge in [0.15, 0.2) is 0 Å². The summed E-state index contributed by atoms with van der Waals surface area (Å²) in [4.78, 5) is 12.3. The molecule has 154 valence electrons. The van der Waals surface area contributed by atoms with Crippen LogP contribution in [0.5, 0.6) is 0 Å². The fourth-order valence-electron chi connectivity index (χ4n) is 3.89. The number of hydrogen-bond donors (Lipinski definition) is 0. The second-order valence-electron chi connectivity index (χ2n) is 7.68. The molecule has 0 spiro atoms. The lowest BCUT2D eigenvalue weighted by molar-refractivity contribution is -0.130. The Balaban J connectivity index is 1.62. The van der Waals surface area contributed by atoms with Gasteiger partial charge >= 0.3 is 0 Å². The lowest BCUT2D eigenvalue weighted by atomic mass is 9.99. The number of aryl methyl sites for hydroxylation is 1. The second-order valence-corrected chi connectivity index (χ2v) is 7.68. The third-order valence-corrected chi connectivity index (χ3v) is 5.48. The van der Waals surface area contributed by atoms with E-state index in [1.54, 1.807) is 6.26 Å². The van der Waals surface area contributed by atoms with E-state index in [0.717, 1.165) is 34.0 Å². The van der Waals surface area contributed by atoms with E-state index in [0.29, 0.717) is 6.42 Å². The summed E-state index contributed by atoms with van der Waals surface area (Å²) >= 11 is 0. The highest BCUT2D eigenvalue weighted by Crippen LogP contribution is 2.35. The van der Waals surface area contributed by atoms with Gasteiger partial charge in [0.1, 0.15) is 17.5 Å². The first kappa shape index (κ1) is 19.1. The van der Waals surface area contributed by atoms with E-state index in [4.69, 9.17) is 14.6 Å². The van der Waals surface area contributed by atoms with Crippen molar-refractivity contribution in [3.05, 3.63) is 96.1 Å². The fraction of sp³-hybridized carbons (Fsp3) is 0.160. The van der Waals surface area contributed by atoms with Crippen molar-refractivity contribution in [2.75, 3.05) is 0 Å². The molecule has 5 rings (SSSR count). The van der Waals surface area contributed by atoms with Crippen LogP contribution in [0.4, 0.5) is 0 Å². The third kappa shape index (κ3) is 3.57. The van der Waals surface area contributed by atoms with Crippen LogP contribution in [0, 0.1) is 6.92 Å². The number of hydrazone groups is 1. The normalized spacial score (nSPS) is 15.9. The monoisotopic (exact) mass is 410 g/mol. The van der Waals surface area contributed by atoms with E-state index in [1.807, 2.05) is 53.3 Å². The molecule has 2 aromatic heterocycles. The number of hydrogen-bond acceptors (Lipinski definition) is 4. The van der Waals surface area contributed by atoms with Gasteiger partial charge in [-0.1, -0.05) is 48.0 Å². The van der Waals surface area contributed by atoms with Crippen LogP contribution in [0.1, 0.15) is 36.3 Å². The second kappa shape index (κ2) is 7.72. The first-order valence-corrected chi connectivity index (χ1v) is 10.2. The summed E-state index contributed by atoms with van der Waals surface area (Å²) in [5.41, 5.74) is 5.72. The number of aromatic nitrogens is 2. The minimum Gasteiger partial charge on any atom is -0.467 e. The molecule has 0 N–H and O–H groups in total. The number of carbonyl (C=O) groups excluding carboxylic acids is 1. The van der Waals surface area contributed by atoms with E-state index in [1.165, 1.54) is 17.5 Å². The molecule has 31 heavy (non-hydrogen) atoms. The largest absolute Gasteiger partial charge is 0.467 e. The van der Waals surface area contributed by atoms with Crippen molar-refractivity contribution in [2.24, 2.45) is 5.10 Å². The lowest BCUT2D eigenvalue weighted by Gasteiger charge is -2.17. The van der Waals surface area contributed by atoms with Gasteiger partial charge < -0.3 is 4.42 Å². The van der Waals surface area contributed by atoms with Crippen molar-refractivity contribution in [1.82, 2.24) is 14.8 Å². The van der Waals surface area contributed by atoms with Gasteiger partial charge in [0.25, 0.3) is 0 Å². The van der Waals surface area contributed by atoms with Crippen LogP contribution >= 0.6 is 0 Å². The summed E-state index contributed by atoms with van der Waals surface area (Å²) in [7, 11) is 0. The zero-order chi connectivity index (χ0) is 21.4. The molecular formula is C25H22N4O2.